The first-order chi connectivity index (χ1) is 9.23. The van der Waals surface area contributed by atoms with Gasteiger partial charge >= 0.3 is 0 Å². The molecule has 1 atom stereocenters. The lowest BCUT2D eigenvalue weighted by Crippen LogP contribution is -2.37. The van der Waals surface area contributed by atoms with Gasteiger partial charge in [0.15, 0.2) is 0 Å². The summed E-state index contributed by atoms with van der Waals surface area (Å²) in [5.41, 5.74) is -0.150. The molecule has 1 amide bonds. The molecule has 2 heterocycles. The molecule has 1 saturated carbocycles. The number of carbonyl (C=O) groups excluding carboxylic acids is 1. The number of amides is 1. The summed E-state index contributed by atoms with van der Waals surface area (Å²) < 4.78 is 7.21. The van der Waals surface area contributed by atoms with Crippen molar-refractivity contribution in [2.24, 2.45) is 11.3 Å². The van der Waals surface area contributed by atoms with E-state index in [1.54, 1.807) is 19.6 Å². The van der Waals surface area contributed by atoms with Gasteiger partial charge in [-0.15, -0.1) is 0 Å². The molecule has 1 saturated heterocycles. The Morgan fingerprint density at radius 2 is 2.37 bits per heavy atom. The summed E-state index contributed by atoms with van der Waals surface area (Å²) in [6.45, 7) is 3.28. The molecule has 1 aromatic heterocycles. The van der Waals surface area contributed by atoms with Crippen LogP contribution < -0.4 is 0 Å². The normalized spacial score (nSPS) is 24.7. The zero-order valence-electron chi connectivity index (χ0n) is 11.4. The van der Waals surface area contributed by atoms with Gasteiger partial charge in [-0.2, -0.15) is 0 Å². The monoisotopic (exact) mass is 263 g/mol. The van der Waals surface area contributed by atoms with E-state index in [9.17, 15) is 4.79 Å². The minimum atomic E-state index is -0.150. The first kappa shape index (κ1) is 12.7. The maximum atomic E-state index is 12.7. The fourth-order valence-electron chi connectivity index (χ4n) is 3.04. The molecule has 3 rings (SSSR count). The van der Waals surface area contributed by atoms with Crippen molar-refractivity contribution in [3.63, 3.8) is 0 Å². The number of aromatic nitrogens is 2. The highest BCUT2D eigenvalue weighted by Crippen LogP contribution is 2.49. The van der Waals surface area contributed by atoms with E-state index in [0.29, 0.717) is 11.8 Å². The maximum absolute atomic E-state index is 12.7. The van der Waals surface area contributed by atoms with Crippen LogP contribution in [0.2, 0.25) is 0 Å². The number of methoxy groups -OCH3 is 1. The summed E-state index contributed by atoms with van der Waals surface area (Å²) in [6, 6.07) is 0. The third-order valence-corrected chi connectivity index (χ3v) is 4.33. The maximum Gasteiger partial charge on any atom is 0.230 e. The second kappa shape index (κ2) is 4.96. The summed E-state index contributed by atoms with van der Waals surface area (Å²) in [6.07, 6.45) is 8.59. The minimum Gasteiger partial charge on any atom is -0.384 e. The van der Waals surface area contributed by atoms with Crippen LogP contribution in [-0.2, 0) is 16.1 Å². The summed E-state index contributed by atoms with van der Waals surface area (Å²) in [7, 11) is 1.73. The fraction of sp³-hybridized carbons (Fsp3) is 0.714. The molecule has 0 radical (unpaired) electrons. The van der Waals surface area contributed by atoms with Crippen LogP contribution in [0.4, 0.5) is 0 Å². The SMILES string of the molecule is COC[C@@H]1CCN(C(=O)C2(Cn3ccnc3)CC2)C1. The van der Waals surface area contributed by atoms with Crippen molar-refractivity contribution in [2.75, 3.05) is 26.8 Å². The predicted molar refractivity (Wildman–Crippen MR) is 70.5 cm³/mol. The van der Waals surface area contributed by atoms with Crippen molar-refractivity contribution < 1.29 is 9.53 Å². The van der Waals surface area contributed by atoms with Gasteiger partial charge in [-0.1, -0.05) is 0 Å². The van der Waals surface area contributed by atoms with E-state index in [2.05, 4.69) is 4.98 Å². The van der Waals surface area contributed by atoms with Crippen molar-refractivity contribution in [3.8, 4) is 0 Å². The molecule has 1 aliphatic carbocycles. The molecule has 0 bridgehead atoms. The van der Waals surface area contributed by atoms with Gasteiger partial charge in [-0.3, -0.25) is 4.79 Å². The quantitative estimate of drug-likeness (QED) is 0.801. The molecule has 0 spiro atoms. The molecule has 104 valence electrons. The van der Waals surface area contributed by atoms with E-state index in [-0.39, 0.29) is 5.41 Å². The van der Waals surface area contributed by atoms with E-state index in [1.165, 1.54) is 0 Å². The van der Waals surface area contributed by atoms with Crippen LogP contribution >= 0.6 is 0 Å². The lowest BCUT2D eigenvalue weighted by molar-refractivity contribution is -0.136. The van der Waals surface area contributed by atoms with Crippen LogP contribution in [-0.4, -0.2) is 47.2 Å². The minimum absolute atomic E-state index is 0.150. The van der Waals surface area contributed by atoms with Crippen LogP contribution in [0, 0.1) is 11.3 Å². The highest BCUT2D eigenvalue weighted by Gasteiger charge is 2.52. The fourth-order valence-corrected chi connectivity index (χ4v) is 3.04. The average Bonchev–Trinajstić information content (AvgIpc) is 2.81. The highest BCUT2D eigenvalue weighted by atomic mass is 16.5. The molecule has 2 fully saturated rings. The third-order valence-electron chi connectivity index (χ3n) is 4.33. The van der Waals surface area contributed by atoms with Crippen molar-refractivity contribution in [1.29, 1.82) is 0 Å². The Morgan fingerprint density at radius 3 is 3.00 bits per heavy atom. The second-order valence-corrected chi connectivity index (χ2v) is 5.88. The van der Waals surface area contributed by atoms with Gasteiger partial charge in [0, 0.05) is 45.1 Å². The molecular formula is C14H21N3O2. The topological polar surface area (TPSA) is 47.4 Å². The number of hydrogen-bond donors (Lipinski definition) is 0. The molecule has 5 nitrogen and oxygen atoms in total. The molecule has 5 heteroatoms. The highest BCUT2D eigenvalue weighted by molar-refractivity contribution is 5.85. The summed E-state index contributed by atoms with van der Waals surface area (Å²) >= 11 is 0. The average molecular weight is 263 g/mol. The molecule has 1 aromatic rings. The predicted octanol–water partition coefficient (Wildman–Crippen LogP) is 1.16. The molecule has 0 unspecified atom stereocenters. The van der Waals surface area contributed by atoms with Gasteiger partial charge in [0.05, 0.1) is 18.3 Å². The first-order valence-electron chi connectivity index (χ1n) is 6.97. The van der Waals surface area contributed by atoms with Crippen LogP contribution in [0.5, 0.6) is 0 Å². The Labute approximate surface area is 113 Å². The van der Waals surface area contributed by atoms with Gasteiger partial charge in [-0.05, 0) is 19.3 Å². The zero-order valence-corrected chi connectivity index (χ0v) is 11.4. The third kappa shape index (κ3) is 2.52. The zero-order chi connectivity index (χ0) is 13.3. The number of carbonyl (C=O) groups is 1. The number of ether oxygens (including phenoxy) is 1. The van der Waals surface area contributed by atoms with Gasteiger partial charge in [0.2, 0.25) is 5.91 Å². The Kier molecular flexibility index (Phi) is 3.31. The van der Waals surface area contributed by atoms with Crippen molar-refractivity contribution in [1.82, 2.24) is 14.5 Å². The van der Waals surface area contributed by atoms with Gasteiger partial charge in [0.1, 0.15) is 0 Å². The molecule has 2 aliphatic rings. The summed E-state index contributed by atoms with van der Waals surface area (Å²) in [4.78, 5) is 18.7. The molecular weight excluding hydrogens is 242 g/mol. The van der Waals surface area contributed by atoms with Crippen LogP contribution in [0.15, 0.2) is 18.7 Å². The number of hydrogen-bond acceptors (Lipinski definition) is 3. The molecule has 1 aliphatic heterocycles. The van der Waals surface area contributed by atoms with Gasteiger partial charge in [0.25, 0.3) is 0 Å². The van der Waals surface area contributed by atoms with Crippen molar-refractivity contribution in [2.45, 2.75) is 25.8 Å². The van der Waals surface area contributed by atoms with Gasteiger partial charge in [-0.25, -0.2) is 4.98 Å². The Balaban J connectivity index is 1.61. The number of rotatable bonds is 5. The van der Waals surface area contributed by atoms with Crippen LogP contribution in [0.1, 0.15) is 19.3 Å². The van der Waals surface area contributed by atoms with E-state index >= 15 is 0 Å². The second-order valence-electron chi connectivity index (χ2n) is 5.88. The molecule has 0 N–H and O–H groups in total. The Hall–Kier alpha value is -1.36. The number of nitrogens with zero attached hydrogens (tertiary/aromatic N) is 3. The van der Waals surface area contributed by atoms with E-state index in [0.717, 1.165) is 45.5 Å². The van der Waals surface area contributed by atoms with E-state index < -0.39 is 0 Å². The first-order valence-corrected chi connectivity index (χ1v) is 6.97. The Bertz CT molecular complexity index is 440. The molecule has 19 heavy (non-hydrogen) atoms. The van der Waals surface area contributed by atoms with E-state index in [4.69, 9.17) is 4.74 Å². The largest absolute Gasteiger partial charge is 0.384 e. The lowest BCUT2D eigenvalue weighted by Gasteiger charge is -2.23. The van der Waals surface area contributed by atoms with Crippen LogP contribution in [0.3, 0.4) is 0 Å². The number of imidazole rings is 1. The van der Waals surface area contributed by atoms with Crippen molar-refractivity contribution >= 4 is 5.91 Å². The smallest absolute Gasteiger partial charge is 0.230 e. The van der Waals surface area contributed by atoms with E-state index in [1.807, 2.05) is 15.7 Å². The summed E-state index contributed by atoms with van der Waals surface area (Å²) in [5.74, 6) is 0.845. The van der Waals surface area contributed by atoms with Gasteiger partial charge < -0.3 is 14.2 Å². The summed E-state index contributed by atoms with van der Waals surface area (Å²) in [5, 5.41) is 0. The van der Waals surface area contributed by atoms with Crippen molar-refractivity contribution in [3.05, 3.63) is 18.7 Å². The van der Waals surface area contributed by atoms with Crippen LogP contribution in [0.25, 0.3) is 0 Å². The Morgan fingerprint density at radius 1 is 1.53 bits per heavy atom. The number of likely N-dealkylation sites (tertiary alicyclic amines) is 1. The lowest BCUT2D eigenvalue weighted by atomic mass is 10.1. The standard InChI is InChI=1S/C14H21N3O2/c1-19-9-12-2-6-17(8-12)13(18)14(3-4-14)10-16-7-5-15-11-16/h5,7,11-12H,2-4,6,8-10H2,1H3/t12-/m1/s1. The molecule has 0 aromatic carbocycles.